The number of ether oxygens (including phenoxy) is 1. The first-order valence-electron chi connectivity index (χ1n) is 8.90. The molecule has 8 heteroatoms. The van der Waals surface area contributed by atoms with E-state index in [0.29, 0.717) is 17.0 Å². The fraction of sp³-hybridized carbons (Fsp3) is 0.300. The quantitative estimate of drug-likeness (QED) is 0.772. The molecule has 1 heterocycles. The highest BCUT2D eigenvalue weighted by atomic mass is 32.2. The zero-order valence-corrected chi connectivity index (χ0v) is 16.5. The highest BCUT2D eigenvalue weighted by Gasteiger charge is 2.24. The van der Waals surface area contributed by atoms with Gasteiger partial charge in [0.05, 0.1) is 22.4 Å². The van der Waals surface area contributed by atoms with E-state index in [-0.39, 0.29) is 41.5 Å². The highest BCUT2D eigenvalue weighted by molar-refractivity contribution is 7.91. The molecule has 3 rings (SSSR count). The second-order valence-electron chi connectivity index (χ2n) is 6.72. The van der Waals surface area contributed by atoms with Crippen LogP contribution in [-0.4, -0.2) is 32.6 Å². The Labute approximate surface area is 164 Å². The lowest BCUT2D eigenvalue weighted by Gasteiger charge is -2.20. The van der Waals surface area contributed by atoms with Gasteiger partial charge in [0.15, 0.2) is 16.4 Å². The molecule has 0 unspecified atom stereocenters. The van der Waals surface area contributed by atoms with Crippen molar-refractivity contribution >= 4 is 27.3 Å². The topological polar surface area (TPSA) is 102 Å². The number of carbonyl (C=O) groups excluding carboxylic acids is 2. The Bertz CT molecular complexity index is 1000. The molecular weight excluding hydrogens is 380 g/mol. The number of hydrogen-bond donors (Lipinski definition) is 2. The van der Waals surface area contributed by atoms with Crippen molar-refractivity contribution in [1.29, 1.82) is 0 Å². The van der Waals surface area contributed by atoms with Crippen molar-refractivity contribution in [3.8, 4) is 5.75 Å². The number of benzene rings is 2. The molecule has 0 fully saturated rings. The van der Waals surface area contributed by atoms with Gasteiger partial charge in [-0.2, -0.15) is 0 Å². The van der Waals surface area contributed by atoms with Crippen molar-refractivity contribution in [2.45, 2.75) is 31.2 Å². The molecule has 0 radical (unpaired) electrons. The van der Waals surface area contributed by atoms with Gasteiger partial charge in [0.2, 0.25) is 5.91 Å². The molecule has 1 aliphatic heterocycles. The molecule has 0 saturated heterocycles. The van der Waals surface area contributed by atoms with E-state index in [1.807, 2.05) is 37.3 Å². The summed E-state index contributed by atoms with van der Waals surface area (Å²) in [5.41, 5.74) is 1.88. The summed E-state index contributed by atoms with van der Waals surface area (Å²) in [6.07, 6.45) is -0.145. The van der Waals surface area contributed by atoms with E-state index >= 15 is 0 Å². The van der Waals surface area contributed by atoms with Gasteiger partial charge in [0.1, 0.15) is 5.75 Å². The molecule has 2 aromatic rings. The maximum absolute atomic E-state index is 12.7. The summed E-state index contributed by atoms with van der Waals surface area (Å²) in [6.45, 7) is 3.34. The molecule has 1 aliphatic rings. The maximum atomic E-state index is 12.7. The molecule has 2 amide bonds. The monoisotopic (exact) mass is 402 g/mol. The Kier molecular flexibility index (Phi) is 5.69. The van der Waals surface area contributed by atoms with Crippen LogP contribution in [0.5, 0.6) is 5.75 Å². The summed E-state index contributed by atoms with van der Waals surface area (Å²) in [5, 5.41) is 5.46. The number of aryl methyl sites for hydroxylation is 1. The summed E-state index contributed by atoms with van der Waals surface area (Å²) in [7, 11) is -3.69. The van der Waals surface area contributed by atoms with Crippen LogP contribution in [-0.2, 0) is 19.4 Å². The third-order valence-corrected chi connectivity index (χ3v) is 6.37. The van der Waals surface area contributed by atoms with Crippen LogP contribution in [0.4, 0.5) is 5.69 Å². The first kappa shape index (κ1) is 19.9. The van der Waals surface area contributed by atoms with Gasteiger partial charge in [0, 0.05) is 12.5 Å². The average molecular weight is 402 g/mol. The van der Waals surface area contributed by atoms with Crippen molar-refractivity contribution in [3.63, 3.8) is 0 Å². The smallest absolute Gasteiger partial charge is 0.262 e. The second-order valence-corrected chi connectivity index (χ2v) is 8.80. The molecule has 0 aromatic heterocycles. The molecule has 28 heavy (non-hydrogen) atoms. The first-order chi connectivity index (χ1) is 13.3. The van der Waals surface area contributed by atoms with Crippen LogP contribution < -0.4 is 15.4 Å². The van der Waals surface area contributed by atoms with Crippen molar-refractivity contribution in [1.82, 2.24) is 5.32 Å². The van der Waals surface area contributed by atoms with Crippen molar-refractivity contribution < 1.29 is 22.7 Å². The standard InChI is InChI=1S/C20H22N2O5S/c1-13-10-16-17(27-12-20(24)22-16)11-18(13)28(25,26)9-8-19(23)21-14(2)15-6-4-3-5-7-15/h3-7,10-11,14H,8-9,12H2,1-2H3,(H,21,23)(H,22,24)/t14-/m0/s1. The van der Waals surface area contributed by atoms with Crippen LogP contribution in [0, 0.1) is 6.92 Å². The number of amides is 2. The van der Waals surface area contributed by atoms with E-state index in [1.165, 1.54) is 6.07 Å². The Morgan fingerprint density at radius 2 is 1.96 bits per heavy atom. The number of rotatable bonds is 6. The van der Waals surface area contributed by atoms with Gasteiger partial charge in [-0.1, -0.05) is 30.3 Å². The number of sulfone groups is 1. The van der Waals surface area contributed by atoms with E-state index in [4.69, 9.17) is 4.74 Å². The van der Waals surface area contributed by atoms with E-state index in [9.17, 15) is 18.0 Å². The SMILES string of the molecule is Cc1cc2c(cc1S(=O)(=O)CCC(=O)N[C@@H](C)c1ccccc1)OCC(=O)N2. The first-order valence-corrected chi connectivity index (χ1v) is 10.6. The van der Waals surface area contributed by atoms with Gasteiger partial charge in [-0.05, 0) is 31.0 Å². The van der Waals surface area contributed by atoms with E-state index in [2.05, 4.69) is 10.6 Å². The zero-order valence-electron chi connectivity index (χ0n) is 15.7. The minimum absolute atomic E-state index is 0.103. The van der Waals surface area contributed by atoms with Crippen molar-refractivity contribution in [2.75, 3.05) is 17.7 Å². The number of hydrogen-bond acceptors (Lipinski definition) is 5. The maximum Gasteiger partial charge on any atom is 0.262 e. The fourth-order valence-corrected chi connectivity index (χ4v) is 4.54. The van der Waals surface area contributed by atoms with Gasteiger partial charge >= 0.3 is 0 Å². The second kappa shape index (κ2) is 8.02. The molecule has 7 nitrogen and oxygen atoms in total. The van der Waals surface area contributed by atoms with Gasteiger partial charge < -0.3 is 15.4 Å². The average Bonchev–Trinajstić information content (AvgIpc) is 2.66. The highest BCUT2D eigenvalue weighted by Crippen LogP contribution is 2.33. The molecule has 1 atom stereocenters. The lowest BCUT2D eigenvalue weighted by atomic mass is 10.1. The molecule has 0 aliphatic carbocycles. The minimum atomic E-state index is -3.69. The Morgan fingerprint density at radius 3 is 2.68 bits per heavy atom. The van der Waals surface area contributed by atoms with Gasteiger partial charge in [-0.15, -0.1) is 0 Å². The fourth-order valence-electron chi connectivity index (χ4n) is 3.03. The van der Waals surface area contributed by atoms with Gasteiger partial charge in [-0.3, -0.25) is 9.59 Å². The minimum Gasteiger partial charge on any atom is -0.482 e. The lowest BCUT2D eigenvalue weighted by Crippen LogP contribution is -2.28. The van der Waals surface area contributed by atoms with E-state index in [0.717, 1.165) is 5.56 Å². The Hall–Kier alpha value is -2.87. The zero-order chi connectivity index (χ0) is 20.3. The van der Waals surface area contributed by atoms with Crippen LogP contribution >= 0.6 is 0 Å². The summed E-state index contributed by atoms with van der Waals surface area (Å²) in [5.74, 6) is -0.622. The van der Waals surface area contributed by atoms with Crippen molar-refractivity contribution in [2.24, 2.45) is 0 Å². The summed E-state index contributed by atoms with van der Waals surface area (Å²) < 4.78 is 30.8. The van der Waals surface area contributed by atoms with Crippen LogP contribution in [0.3, 0.4) is 0 Å². The van der Waals surface area contributed by atoms with Crippen LogP contribution in [0.25, 0.3) is 0 Å². The van der Waals surface area contributed by atoms with E-state index in [1.54, 1.807) is 13.0 Å². The number of nitrogens with one attached hydrogen (secondary N) is 2. The summed E-state index contributed by atoms with van der Waals surface area (Å²) in [6, 6.07) is 12.2. The molecule has 0 spiro atoms. The predicted molar refractivity (Wildman–Crippen MR) is 105 cm³/mol. The Balaban J connectivity index is 1.67. The predicted octanol–water partition coefficient (Wildman–Crippen LogP) is 2.37. The third-order valence-electron chi connectivity index (χ3n) is 4.52. The molecule has 2 N–H and O–H groups in total. The van der Waals surface area contributed by atoms with Crippen LogP contribution in [0.2, 0.25) is 0 Å². The van der Waals surface area contributed by atoms with Crippen LogP contribution in [0.15, 0.2) is 47.4 Å². The van der Waals surface area contributed by atoms with E-state index < -0.39 is 9.84 Å². The van der Waals surface area contributed by atoms with Crippen LogP contribution in [0.1, 0.15) is 30.5 Å². The molecule has 0 saturated carbocycles. The number of carbonyl (C=O) groups is 2. The molecule has 2 aromatic carbocycles. The lowest BCUT2D eigenvalue weighted by molar-refractivity contribution is -0.121. The summed E-state index contributed by atoms with van der Waals surface area (Å²) >= 11 is 0. The summed E-state index contributed by atoms with van der Waals surface area (Å²) in [4.78, 5) is 23.7. The largest absolute Gasteiger partial charge is 0.482 e. The number of anilines is 1. The third kappa shape index (κ3) is 4.51. The molecular formula is C20H22N2O5S. The number of fused-ring (bicyclic) bond motifs is 1. The Morgan fingerprint density at radius 1 is 1.25 bits per heavy atom. The molecule has 0 bridgehead atoms. The van der Waals surface area contributed by atoms with Gasteiger partial charge in [-0.25, -0.2) is 8.42 Å². The normalized spacial score (nSPS) is 14.4. The van der Waals surface area contributed by atoms with Crippen molar-refractivity contribution in [3.05, 3.63) is 53.6 Å². The van der Waals surface area contributed by atoms with Gasteiger partial charge in [0.25, 0.3) is 5.91 Å². The molecule has 148 valence electrons.